The Hall–Kier alpha value is -3.65. The number of allylic oxidation sites excluding steroid dienone is 2. The van der Waals surface area contributed by atoms with Crippen molar-refractivity contribution in [3.63, 3.8) is 0 Å². The molecule has 4 bridgehead atoms. The summed E-state index contributed by atoms with van der Waals surface area (Å²) in [4.78, 5) is 21.3. The summed E-state index contributed by atoms with van der Waals surface area (Å²) in [6, 6.07) is 7.41. The summed E-state index contributed by atoms with van der Waals surface area (Å²) in [5.41, 5.74) is 4.42. The largest absolute Gasteiger partial charge is 0.493 e. The van der Waals surface area contributed by atoms with Gasteiger partial charge in [-0.2, -0.15) is 0 Å². The van der Waals surface area contributed by atoms with Crippen LogP contribution in [0.1, 0.15) is 41.2 Å². The Balaban J connectivity index is 1.59. The summed E-state index contributed by atoms with van der Waals surface area (Å²) >= 11 is 6.40. The number of nitrogens with one attached hydrogen (secondary N) is 4. The maximum Gasteiger partial charge on any atom is 0.255 e. The van der Waals surface area contributed by atoms with Gasteiger partial charge in [-0.3, -0.25) is 4.79 Å². The van der Waals surface area contributed by atoms with Crippen molar-refractivity contribution in [1.82, 2.24) is 15.3 Å². The highest BCUT2D eigenvalue weighted by atomic mass is 35.5. The van der Waals surface area contributed by atoms with E-state index in [-0.39, 0.29) is 17.9 Å². The molecule has 2 aromatic heterocycles. The number of aromatic nitrogens is 2. The third-order valence-corrected chi connectivity index (χ3v) is 7.10. The van der Waals surface area contributed by atoms with Gasteiger partial charge in [-0.05, 0) is 37.5 Å². The average Bonchev–Trinajstić information content (AvgIpc) is 3.24. The van der Waals surface area contributed by atoms with E-state index in [1.807, 2.05) is 18.2 Å². The van der Waals surface area contributed by atoms with Crippen LogP contribution >= 0.6 is 11.6 Å². The van der Waals surface area contributed by atoms with Crippen molar-refractivity contribution in [3.8, 4) is 22.8 Å². The van der Waals surface area contributed by atoms with Gasteiger partial charge in [0.15, 0.2) is 17.3 Å². The van der Waals surface area contributed by atoms with Crippen LogP contribution in [0.5, 0.6) is 11.5 Å². The van der Waals surface area contributed by atoms with Crippen molar-refractivity contribution < 1.29 is 14.3 Å². The van der Waals surface area contributed by atoms with Gasteiger partial charge in [0.2, 0.25) is 0 Å². The third-order valence-electron chi connectivity index (χ3n) is 6.80. The predicted octanol–water partition coefficient (Wildman–Crippen LogP) is 5.22. The molecule has 0 unspecified atom stereocenters. The molecule has 3 aliphatic heterocycles. The number of para-hydroxylation sites is 1. The van der Waals surface area contributed by atoms with Gasteiger partial charge in [-0.15, -0.1) is 0 Å². The van der Waals surface area contributed by atoms with Gasteiger partial charge in [0.05, 0.1) is 41.3 Å². The van der Waals surface area contributed by atoms with E-state index in [1.165, 1.54) is 0 Å². The normalized spacial score (nSPS) is 21.3. The van der Waals surface area contributed by atoms with E-state index in [0.717, 1.165) is 36.2 Å². The highest BCUT2D eigenvalue weighted by Crippen LogP contribution is 2.47. The molecule has 180 valence electrons. The molecule has 6 rings (SSSR count). The lowest BCUT2D eigenvalue weighted by Crippen LogP contribution is -2.34. The van der Waals surface area contributed by atoms with Gasteiger partial charge in [0.25, 0.3) is 5.91 Å². The number of halogens is 1. The summed E-state index contributed by atoms with van der Waals surface area (Å²) in [6.07, 6.45) is 8.85. The molecule has 1 aromatic carbocycles. The van der Waals surface area contributed by atoms with E-state index in [0.29, 0.717) is 52.4 Å². The molecule has 0 saturated carbocycles. The quantitative estimate of drug-likeness (QED) is 0.375. The summed E-state index contributed by atoms with van der Waals surface area (Å²) in [5, 5.41) is 10.4. The molecule has 0 radical (unpaired) electrons. The number of amides is 1. The number of aromatic amines is 1. The monoisotopic (exact) mass is 491 g/mol. The van der Waals surface area contributed by atoms with E-state index in [2.05, 4.69) is 38.1 Å². The van der Waals surface area contributed by atoms with E-state index in [9.17, 15) is 4.79 Å². The first-order valence-electron chi connectivity index (χ1n) is 11.8. The van der Waals surface area contributed by atoms with Crippen LogP contribution in [0.3, 0.4) is 0 Å². The number of ether oxygens (including phenoxy) is 2. The number of H-pyrrole nitrogens is 1. The molecule has 2 atom stereocenters. The van der Waals surface area contributed by atoms with E-state index in [4.69, 9.17) is 21.1 Å². The van der Waals surface area contributed by atoms with Crippen LogP contribution in [0.15, 0.2) is 42.6 Å². The molecular weight excluding hydrogens is 466 g/mol. The van der Waals surface area contributed by atoms with Crippen LogP contribution in [0.25, 0.3) is 11.3 Å². The van der Waals surface area contributed by atoms with Gasteiger partial charge in [-0.1, -0.05) is 29.8 Å². The molecule has 0 spiro atoms. The summed E-state index contributed by atoms with van der Waals surface area (Å²) in [5.74, 6) is 1.89. The number of pyridine rings is 1. The summed E-state index contributed by atoms with van der Waals surface area (Å²) < 4.78 is 12.0. The lowest BCUT2D eigenvalue weighted by Gasteiger charge is -2.28. The fraction of sp³-hybridized carbons (Fsp3) is 0.308. The zero-order valence-electron chi connectivity index (χ0n) is 19.3. The molecule has 4 N–H and O–H groups in total. The Bertz CT molecular complexity index is 1330. The van der Waals surface area contributed by atoms with E-state index < -0.39 is 0 Å². The van der Waals surface area contributed by atoms with Crippen LogP contribution in [0.4, 0.5) is 17.2 Å². The lowest BCUT2D eigenvalue weighted by atomic mass is 9.93. The minimum absolute atomic E-state index is 0.0289. The van der Waals surface area contributed by atoms with Crippen molar-refractivity contribution in [3.05, 3.63) is 58.9 Å². The average molecular weight is 492 g/mol. The van der Waals surface area contributed by atoms with Crippen LogP contribution in [-0.4, -0.2) is 42.2 Å². The second kappa shape index (κ2) is 8.85. The summed E-state index contributed by atoms with van der Waals surface area (Å²) in [6.45, 7) is 1.28. The third kappa shape index (κ3) is 3.78. The van der Waals surface area contributed by atoms with Crippen LogP contribution in [-0.2, 0) is 0 Å². The van der Waals surface area contributed by atoms with Crippen LogP contribution in [0, 0.1) is 0 Å². The maximum absolute atomic E-state index is 13.2. The smallest absolute Gasteiger partial charge is 0.255 e. The Labute approximate surface area is 208 Å². The second-order valence-corrected chi connectivity index (χ2v) is 9.36. The van der Waals surface area contributed by atoms with E-state index >= 15 is 0 Å². The number of methoxy groups -OCH3 is 1. The Morgan fingerprint density at radius 1 is 1.20 bits per heavy atom. The molecule has 3 aliphatic rings. The molecule has 9 heteroatoms. The highest BCUT2D eigenvalue weighted by Gasteiger charge is 2.34. The Kier molecular flexibility index (Phi) is 5.53. The standard InChI is InChI=1S/C26H26ClN5O3/c1-34-24-17(27)8-5-9-18(24)31-22-19-20-14(12-30-26(19)33)6-3-2-4-7-15-13-29-25-23(35-15)16(10-11-28-25)21(22)32-20/h2-3,5,8-11,14-15,31-32H,4,6-7,12-13H2,1H3,(H,28,29)(H,30,33)/b3-2-/t14-,15-/m1/s1. The lowest BCUT2D eigenvalue weighted by molar-refractivity contribution is 0.0941. The zero-order valence-corrected chi connectivity index (χ0v) is 20.0. The van der Waals surface area contributed by atoms with Crippen molar-refractivity contribution in [2.24, 2.45) is 0 Å². The van der Waals surface area contributed by atoms with Crippen molar-refractivity contribution in [2.75, 3.05) is 30.8 Å². The first-order valence-corrected chi connectivity index (χ1v) is 12.2. The van der Waals surface area contributed by atoms with Gasteiger partial charge in [0.1, 0.15) is 6.10 Å². The number of carbonyl (C=O) groups is 1. The van der Waals surface area contributed by atoms with Gasteiger partial charge >= 0.3 is 0 Å². The number of rotatable bonds is 3. The Morgan fingerprint density at radius 2 is 2.11 bits per heavy atom. The number of hydrogen-bond acceptors (Lipinski definition) is 6. The molecule has 3 aromatic rings. The maximum atomic E-state index is 13.2. The predicted molar refractivity (Wildman–Crippen MR) is 136 cm³/mol. The number of carbonyl (C=O) groups excluding carboxylic acids is 1. The fourth-order valence-electron chi connectivity index (χ4n) is 5.08. The minimum Gasteiger partial charge on any atom is -0.493 e. The summed E-state index contributed by atoms with van der Waals surface area (Å²) in [7, 11) is 1.58. The SMILES string of the molecule is COc1c(Cl)cccc1Nc1c2[nH]c3c1C(=O)NC[C@H]3C/C=C\CC[C@@H]1CNc3nccc-2c3O1. The number of hydrogen-bond donors (Lipinski definition) is 4. The van der Waals surface area contributed by atoms with Gasteiger partial charge in [-0.25, -0.2) is 4.98 Å². The fourth-order valence-corrected chi connectivity index (χ4v) is 5.33. The molecule has 8 nitrogen and oxygen atoms in total. The molecule has 1 amide bonds. The van der Waals surface area contributed by atoms with Crippen molar-refractivity contribution in [1.29, 1.82) is 0 Å². The van der Waals surface area contributed by atoms with E-state index in [1.54, 1.807) is 19.4 Å². The van der Waals surface area contributed by atoms with Crippen molar-refractivity contribution in [2.45, 2.75) is 31.3 Å². The Morgan fingerprint density at radius 3 is 3.00 bits per heavy atom. The molecule has 0 fully saturated rings. The van der Waals surface area contributed by atoms with Crippen molar-refractivity contribution >= 4 is 34.7 Å². The first-order chi connectivity index (χ1) is 17.1. The number of benzene rings is 1. The zero-order chi connectivity index (χ0) is 23.9. The van der Waals surface area contributed by atoms with Crippen LogP contribution in [0.2, 0.25) is 5.02 Å². The number of fused-ring (bicyclic) bond motifs is 3. The number of nitrogens with zero attached hydrogens (tertiary/aromatic N) is 1. The topological polar surface area (TPSA) is 100 Å². The van der Waals surface area contributed by atoms with Crippen LogP contribution < -0.4 is 25.4 Å². The first kappa shape index (κ1) is 21.9. The number of anilines is 3. The molecule has 0 aliphatic carbocycles. The highest BCUT2D eigenvalue weighted by molar-refractivity contribution is 6.32. The van der Waals surface area contributed by atoms with Gasteiger partial charge < -0.3 is 30.4 Å². The molecule has 5 heterocycles. The minimum atomic E-state index is -0.127. The molecule has 35 heavy (non-hydrogen) atoms. The molecular formula is C26H26ClN5O3. The van der Waals surface area contributed by atoms with Gasteiger partial charge in [0, 0.05) is 29.9 Å². The molecule has 0 saturated heterocycles. The second-order valence-electron chi connectivity index (χ2n) is 8.96.